The first-order valence-corrected chi connectivity index (χ1v) is 7.62. The highest BCUT2D eigenvalue weighted by molar-refractivity contribution is 5.76. The van der Waals surface area contributed by atoms with Crippen LogP contribution in [0.25, 0.3) is 0 Å². The minimum absolute atomic E-state index is 0.0508. The van der Waals surface area contributed by atoms with E-state index in [1.54, 1.807) is 4.90 Å². The summed E-state index contributed by atoms with van der Waals surface area (Å²) in [6.45, 7) is 4.66. The first kappa shape index (κ1) is 14.6. The van der Waals surface area contributed by atoms with Crippen LogP contribution in [0.2, 0.25) is 0 Å². The number of urea groups is 1. The number of aliphatic carboxylic acids is 1. The van der Waals surface area contributed by atoms with E-state index in [1.807, 2.05) is 6.92 Å². The molecule has 0 aromatic carbocycles. The van der Waals surface area contributed by atoms with Gasteiger partial charge in [0.15, 0.2) is 0 Å². The Balaban J connectivity index is 1.44. The van der Waals surface area contributed by atoms with Gasteiger partial charge in [0.1, 0.15) is 12.2 Å². The van der Waals surface area contributed by atoms with Crippen molar-refractivity contribution in [2.24, 2.45) is 0 Å². The highest BCUT2D eigenvalue weighted by Gasteiger charge is 2.44. The molecule has 3 saturated heterocycles. The number of fused-ring (bicyclic) bond motifs is 1. The van der Waals surface area contributed by atoms with Crippen LogP contribution in [0.1, 0.15) is 26.2 Å². The predicted octanol–water partition coefficient (Wildman–Crippen LogP) is 0.108. The van der Waals surface area contributed by atoms with Gasteiger partial charge in [0, 0.05) is 18.6 Å². The molecule has 2 unspecified atom stereocenters. The van der Waals surface area contributed by atoms with E-state index >= 15 is 0 Å². The highest BCUT2D eigenvalue weighted by Crippen LogP contribution is 2.29. The zero-order chi connectivity index (χ0) is 15.0. The summed E-state index contributed by atoms with van der Waals surface area (Å²) in [5.41, 5.74) is -0.523. The lowest BCUT2D eigenvalue weighted by Gasteiger charge is -2.47. The number of hydrogen-bond donors (Lipinski definition) is 2. The van der Waals surface area contributed by atoms with Crippen LogP contribution in [0.15, 0.2) is 0 Å². The van der Waals surface area contributed by atoms with Crippen LogP contribution in [0.5, 0.6) is 0 Å². The van der Waals surface area contributed by atoms with Crippen LogP contribution in [0, 0.1) is 0 Å². The minimum atomic E-state index is -0.980. The fourth-order valence-electron chi connectivity index (χ4n) is 3.73. The molecule has 3 aliphatic rings. The van der Waals surface area contributed by atoms with Gasteiger partial charge < -0.3 is 20.1 Å². The van der Waals surface area contributed by atoms with Crippen molar-refractivity contribution in [1.29, 1.82) is 0 Å². The molecule has 7 heteroatoms. The van der Waals surface area contributed by atoms with Crippen molar-refractivity contribution in [2.45, 2.75) is 43.9 Å². The van der Waals surface area contributed by atoms with Gasteiger partial charge in [-0.1, -0.05) is 0 Å². The molecule has 0 radical (unpaired) electrons. The summed E-state index contributed by atoms with van der Waals surface area (Å²) in [5.74, 6) is -0.980. The number of rotatable bonds is 4. The van der Waals surface area contributed by atoms with Crippen molar-refractivity contribution in [2.75, 3.05) is 32.8 Å². The average molecular weight is 297 g/mol. The van der Waals surface area contributed by atoms with Crippen LogP contribution < -0.4 is 5.32 Å². The van der Waals surface area contributed by atoms with E-state index in [2.05, 4.69) is 10.2 Å². The smallest absolute Gasteiger partial charge is 0.329 e. The normalized spacial score (nSPS) is 30.8. The first-order valence-electron chi connectivity index (χ1n) is 7.62. The predicted molar refractivity (Wildman–Crippen MR) is 75.1 cm³/mol. The Morgan fingerprint density at radius 3 is 2.81 bits per heavy atom. The molecule has 21 heavy (non-hydrogen) atoms. The van der Waals surface area contributed by atoms with Crippen LogP contribution >= 0.6 is 0 Å². The fourth-order valence-corrected chi connectivity index (χ4v) is 3.73. The molecule has 7 nitrogen and oxygen atoms in total. The summed E-state index contributed by atoms with van der Waals surface area (Å²) in [6, 6.07) is 0.710. The molecule has 2 atom stereocenters. The summed E-state index contributed by atoms with van der Waals surface area (Å²) in [7, 11) is 0. The Bertz CT molecular complexity index is 436. The molecule has 3 heterocycles. The van der Waals surface area contributed by atoms with Gasteiger partial charge in [-0.25, -0.2) is 9.59 Å². The number of carboxylic acids is 1. The zero-order valence-electron chi connectivity index (χ0n) is 12.4. The van der Waals surface area contributed by atoms with E-state index in [1.165, 1.54) is 12.8 Å². The topological polar surface area (TPSA) is 82.1 Å². The number of nitrogens with zero attached hydrogens (tertiary/aromatic N) is 2. The molecule has 0 bridgehead atoms. The van der Waals surface area contributed by atoms with Crippen molar-refractivity contribution in [1.82, 2.24) is 15.1 Å². The van der Waals surface area contributed by atoms with Crippen molar-refractivity contribution in [3.05, 3.63) is 0 Å². The zero-order valence-corrected chi connectivity index (χ0v) is 12.4. The molecule has 3 fully saturated rings. The maximum atomic E-state index is 12.2. The number of amides is 2. The molecule has 3 rings (SSSR count). The number of carbonyl (C=O) groups is 2. The molecule has 0 aromatic rings. The number of ether oxygens (including phenoxy) is 1. The second-order valence-corrected chi connectivity index (χ2v) is 6.58. The van der Waals surface area contributed by atoms with E-state index < -0.39 is 11.6 Å². The second kappa shape index (κ2) is 5.46. The Morgan fingerprint density at radius 2 is 2.10 bits per heavy atom. The van der Waals surface area contributed by atoms with Crippen LogP contribution in [-0.2, 0) is 9.53 Å². The SMILES string of the molecule is CC1(OCC(=O)O)CN(C(=O)NC2CCN3CCCC23)C1. The fraction of sp³-hybridized carbons (Fsp3) is 0.857. The van der Waals surface area contributed by atoms with Gasteiger partial charge in [-0.15, -0.1) is 0 Å². The molecule has 0 saturated carbocycles. The third kappa shape index (κ3) is 2.98. The monoisotopic (exact) mass is 297 g/mol. The van der Waals surface area contributed by atoms with Gasteiger partial charge in [-0.05, 0) is 32.7 Å². The molecular weight excluding hydrogens is 274 g/mol. The minimum Gasteiger partial charge on any atom is -0.480 e. The summed E-state index contributed by atoms with van der Waals surface area (Å²) in [4.78, 5) is 26.9. The Labute approximate surface area is 124 Å². The second-order valence-electron chi connectivity index (χ2n) is 6.58. The van der Waals surface area contributed by atoms with Crippen LogP contribution in [0.3, 0.4) is 0 Å². The van der Waals surface area contributed by atoms with Gasteiger partial charge in [0.25, 0.3) is 0 Å². The summed E-state index contributed by atoms with van der Waals surface area (Å²) >= 11 is 0. The Hall–Kier alpha value is -1.34. The van der Waals surface area contributed by atoms with Crippen molar-refractivity contribution in [3.63, 3.8) is 0 Å². The van der Waals surface area contributed by atoms with Crippen molar-refractivity contribution >= 4 is 12.0 Å². The molecule has 2 N–H and O–H groups in total. The van der Waals surface area contributed by atoms with Crippen LogP contribution in [-0.4, -0.2) is 77.4 Å². The molecule has 0 spiro atoms. The summed E-state index contributed by atoms with van der Waals surface area (Å²) < 4.78 is 5.32. The Morgan fingerprint density at radius 1 is 1.33 bits per heavy atom. The maximum Gasteiger partial charge on any atom is 0.329 e. The summed E-state index contributed by atoms with van der Waals surface area (Å²) in [6.07, 6.45) is 3.42. The average Bonchev–Trinajstić information content (AvgIpc) is 2.98. The highest BCUT2D eigenvalue weighted by atomic mass is 16.5. The number of carbonyl (C=O) groups excluding carboxylic acids is 1. The lowest BCUT2D eigenvalue weighted by molar-refractivity contribution is -0.159. The van der Waals surface area contributed by atoms with Gasteiger partial charge in [0.2, 0.25) is 0 Å². The number of hydrogen-bond acceptors (Lipinski definition) is 4. The molecule has 0 aromatic heterocycles. The lowest BCUT2D eigenvalue weighted by atomic mass is 9.97. The summed E-state index contributed by atoms with van der Waals surface area (Å²) in [5, 5.41) is 11.8. The van der Waals surface area contributed by atoms with E-state index in [0.29, 0.717) is 19.1 Å². The quantitative estimate of drug-likeness (QED) is 0.769. The van der Waals surface area contributed by atoms with Crippen LogP contribution in [0.4, 0.5) is 4.79 Å². The molecule has 2 amide bonds. The van der Waals surface area contributed by atoms with Gasteiger partial charge in [-0.2, -0.15) is 0 Å². The standard InChI is InChI=1S/C14H23N3O4/c1-14(21-7-12(18)19)8-17(9-14)13(20)15-10-4-6-16-5-2-3-11(10)16/h10-11H,2-9H2,1H3,(H,15,20)(H,18,19). The number of nitrogens with one attached hydrogen (secondary N) is 1. The Kier molecular flexibility index (Phi) is 3.79. The van der Waals surface area contributed by atoms with E-state index in [-0.39, 0.29) is 18.7 Å². The number of likely N-dealkylation sites (tertiary alicyclic amines) is 1. The van der Waals surface area contributed by atoms with Gasteiger partial charge >= 0.3 is 12.0 Å². The molecule has 118 valence electrons. The van der Waals surface area contributed by atoms with E-state index in [4.69, 9.17) is 9.84 Å². The van der Waals surface area contributed by atoms with E-state index in [9.17, 15) is 9.59 Å². The molecule has 3 aliphatic heterocycles. The van der Waals surface area contributed by atoms with Gasteiger partial charge in [-0.3, -0.25) is 4.90 Å². The van der Waals surface area contributed by atoms with Crippen molar-refractivity contribution < 1.29 is 19.4 Å². The first-order chi connectivity index (χ1) is 9.97. The lowest BCUT2D eigenvalue weighted by Crippen LogP contribution is -2.66. The third-order valence-electron chi connectivity index (χ3n) is 4.80. The van der Waals surface area contributed by atoms with Crippen molar-refractivity contribution in [3.8, 4) is 0 Å². The van der Waals surface area contributed by atoms with Gasteiger partial charge in [0.05, 0.1) is 13.1 Å². The molecule has 0 aliphatic carbocycles. The maximum absolute atomic E-state index is 12.2. The number of carboxylic acid groups (broad SMARTS) is 1. The third-order valence-corrected chi connectivity index (χ3v) is 4.80. The largest absolute Gasteiger partial charge is 0.480 e. The molecular formula is C14H23N3O4. The van der Waals surface area contributed by atoms with E-state index in [0.717, 1.165) is 19.5 Å².